The second-order valence-corrected chi connectivity index (χ2v) is 7.45. The number of para-hydroxylation sites is 1. The Hall–Kier alpha value is -3.31. The fourth-order valence-corrected chi connectivity index (χ4v) is 2.97. The van der Waals surface area contributed by atoms with E-state index in [-0.39, 0.29) is 18.4 Å². The predicted molar refractivity (Wildman–Crippen MR) is 121 cm³/mol. The molecule has 154 valence electrons. The van der Waals surface area contributed by atoms with Crippen LogP contribution < -0.4 is 15.4 Å². The number of aryl methyl sites for hydroxylation is 3. The lowest BCUT2D eigenvalue weighted by Crippen LogP contribution is -2.22. The highest BCUT2D eigenvalue weighted by atomic mass is 35.5. The normalized spacial score (nSPS) is 10.4. The van der Waals surface area contributed by atoms with Crippen LogP contribution >= 0.6 is 11.6 Å². The van der Waals surface area contributed by atoms with Gasteiger partial charge in [-0.15, -0.1) is 0 Å². The van der Waals surface area contributed by atoms with Crippen molar-refractivity contribution in [1.82, 2.24) is 0 Å². The van der Waals surface area contributed by atoms with Crippen LogP contribution in [0.4, 0.5) is 11.4 Å². The summed E-state index contributed by atoms with van der Waals surface area (Å²) in [6.07, 6.45) is 0. The van der Waals surface area contributed by atoms with Gasteiger partial charge in [-0.25, -0.2) is 0 Å². The zero-order valence-electron chi connectivity index (χ0n) is 17.1. The quantitative estimate of drug-likeness (QED) is 0.548. The second kappa shape index (κ2) is 9.46. The molecule has 0 saturated carbocycles. The summed E-state index contributed by atoms with van der Waals surface area (Å²) in [5.74, 6) is -0.120. The van der Waals surface area contributed by atoms with Gasteiger partial charge in [0.15, 0.2) is 6.61 Å². The topological polar surface area (TPSA) is 67.4 Å². The third-order valence-electron chi connectivity index (χ3n) is 4.71. The number of rotatable bonds is 6. The number of carbonyl (C=O) groups excluding carboxylic acids is 2. The molecule has 3 aromatic carbocycles. The van der Waals surface area contributed by atoms with Gasteiger partial charge in [0.2, 0.25) is 0 Å². The van der Waals surface area contributed by atoms with Crippen molar-refractivity contribution in [2.24, 2.45) is 0 Å². The molecule has 0 saturated heterocycles. The standard InChI is InChI=1S/C24H23ClN2O3/c1-15-8-9-18(12-16(15)2)26-24(29)20-6-4-5-7-22(20)27-23(28)14-30-19-10-11-21(25)17(3)13-19/h4-13H,14H2,1-3H3,(H,26,29)(H,27,28). The molecule has 0 aliphatic rings. The molecule has 5 nitrogen and oxygen atoms in total. The number of hydrogen-bond acceptors (Lipinski definition) is 3. The lowest BCUT2D eigenvalue weighted by Gasteiger charge is -2.13. The van der Waals surface area contributed by atoms with Gasteiger partial charge in [-0.1, -0.05) is 29.8 Å². The van der Waals surface area contributed by atoms with E-state index in [0.29, 0.717) is 27.7 Å². The van der Waals surface area contributed by atoms with E-state index in [1.807, 2.05) is 39.0 Å². The van der Waals surface area contributed by atoms with Gasteiger partial charge in [0.05, 0.1) is 11.3 Å². The Morgan fingerprint density at radius 1 is 0.867 bits per heavy atom. The van der Waals surface area contributed by atoms with E-state index in [1.54, 1.807) is 42.5 Å². The first-order valence-corrected chi connectivity index (χ1v) is 9.87. The van der Waals surface area contributed by atoms with Crippen molar-refractivity contribution in [3.8, 4) is 5.75 Å². The van der Waals surface area contributed by atoms with Crippen molar-refractivity contribution in [2.75, 3.05) is 17.2 Å². The van der Waals surface area contributed by atoms with Crippen molar-refractivity contribution in [3.05, 3.63) is 87.9 Å². The van der Waals surface area contributed by atoms with Crippen LogP contribution in [-0.4, -0.2) is 18.4 Å². The molecule has 0 atom stereocenters. The Balaban J connectivity index is 1.66. The third kappa shape index (κ3) is 5.39. The predicted octanol–water partition coefficient (Wildman–Crippen LogP) is 5.54. The average molecular weight is 423 g/mol. The molecular weight excluding hydrogens is 400 g/mol. The second-order valence-electron chi connectivity index (χ2n) is 7.05. The van der Waals surface area contributed by atoms with Crippen LogP contribution in [0.5, 0.6) is 5.75 Å². The summed E-state index contributed by atoms with van der Waals surface area (Å²) in [5.41, 5.74) is 4.58. The first-order chi connectivity index (χ1) is 14.3. The fourth-order valence-electron chi connectivity index (χ4n) is 2.85. The zero-order chi connectivity index (χ0) is 21.7. The van der Waals surface area contributed by atoms with E-state index in [2.05, 4.69) is 10.6 Å². The summed E-state index contributed by atoms with van der Waals surface area (Å²) in [6, 6.07) is 17.7. The molecule has 30 heavy (non-hydrogen) atoms. The molecule has 2 N–H and O–H groups in total. The maximum absolute atomic E-state index is 12.8. The van der Waals surface area contributed by atoms with E-state index in [4.69, 9.17) is 16.3 Å². The number of hydrogen-bond donors (Lipinski definition) is 2. The number of ether oxygens (including phenoxy) is 1. The van der Waals surface area contributed by atoms with E-state index in [9.17, 15) is 9.59 Å². The summed E-state index contributed by atoms with van der Waals surface area (Å²) >= 11 is 6.00. The van der Waals surface area contributed by atoms with Crippen LogP contribution in [0.1, 0.15) is 27.0 Å². The Labute approximate surface area is 181 Å². The largest absolute Gasteiger partial charge is 0.484 e. The number of benzene rings is 3. The molecule has 0 spiro atoms. The Kier molecular flexibility index (Phi) is 6.75. The minimum atomic E-state index is -0.367. The maximum atomic E-state index is 12.8. The summed E-state index contributed by atoms with van der Waals surface area (Å²) in [4.78, 5) is 25.1. The molecule has 0 aromatic heterocycles. The maximum Gasteiger partial charge on any atom is 0.262 e. The molecular formula is C24H23ClN2O3. The van der Waals surface area contributed by atoms with E-state index >= 15 is 0 Å². The minimum absolute atomic E-state index is 0.186. The smallest absolute Gasteiger partial charge is 0.262 e. The molecule has 0 bridgehead atoms. The monoisotopic (exact) mass is 422 g/mol. The summed E-state index contributed by atoms with van der Waals surface area (Å²) in [5, 5.41) is 6.25. The van der Waals surface area contributed by atoms with Crippen molar-refractivity contribution in [1.29, 1.82) is 0 Å². The SMILES string of the molecule is Cc1ccc(NC(=O)c2ccccc2NC(=O)COc2ccc(Cl)c(C)c2)cc1C. The number of amides is 2. The molecule has 0 unspecified atom stereocenters. The first kappa shape index (κ1) is 21.4. The van der Waals surface area contributed by atoms with Crippen LogP contribution in [0.2, 0.25) is 5.02 Å². The van der Waals surface area contributed by atoms with Gasteiger partial charge >= 0.3 is 0 Å². The molecule has 0 aliphatic heterocycles. The highest BCUT2D eigenvalue weighted by Gasteiger charge is 2.14. The number of carbonyl (C=O) groups is 2. The van der Waals surface area contributed by atoms with Gasteiger partial charge in [0, 0.05) is 10.7 Å². The molecule has 3 rings (SSSR count). The van der Waals surface area contributed by atoms with Crippen LogP contribution in [0.25, 0.3) is 0 Å². The summed E-state index contributed by atoms with van der Waals surface area (Å²) in [6.45, 7) is 5.67. The van der Waals surface area contributed by atoms with E-state index in [0.717, 1.165) is 16.7 Å². The molecule has 6 heteroatoms. The van der Waals surface area contributed by atoms with E-state index in [1.165, 1.54) is 0 Å². The lowest BCUT2D eigenvalue weighted by molar-refractivity contribution is -0.118. The lowest BCUT2D eigenvalue weighted by atomic mass is 10.1. The van der Waals surface area contributed by atoms with Crippen LogP contribution in [-0.2, 0) is 4.79 Å². The third-order valence-corrected chi connectivity index (χ3v) is 5.13. The van der Waals surface area contributed by atoms with Gasteiger partial charge in [-0.3, -0.25) is 9.59 Å². The van der Waals surface area contributed by atoms with E-state index < -0.39 is 0 Å². The summed E-state index contributed by atoms with van der Waals surface area (Å²) in [7, 11) is 0. The zero-order valence-corrected chi connectivity index (χ0v) is 17.8. The number of nitrogens with one attached hydrogen (secondary N) is 2. The highest BCUT2D eigenvalue weighted by molar-refractivity contribution is 6.31. The van der Waals surface area contributed by atoms with Gasteiger partial charge in [-0.2, -0.15) is 0 Å². The van der Waals surface area contributed by atoms with Gasteiger partial charge in [-0.05, 0) is 79.9 Å². The summed E-state index contributed by atoms with van der Waals surface area (Å²) < 4.78 is 5.52. The van der Waals surface area contributed by atoms with Crippen LogP contribution in [0, 0.1) is 20.8 Å². The van der Waals surface area contributed by atoms with Crippen molar-refractivity contribution < 1.29 is 14.3 Å². The van der Waals surface area contributed by atoms with Gasteiger partial charge < -0.3 is 15.4 Å². The molecule has 0 aliphatic carbocycles. The van der Waals surface area contributed by atoms with Gasteiger partial charge in [0.25, 0.3) is 11.8 Å². The number of anilines is 2. The molecule has 0 radical (unpaired) electrons. The Bertz CT molecular complexity index is 1100. The van der Waals surface area contributed by atoms with Crippen molar-refractivity contribution >= 4 is 34.8 Å². The average Bonchev–Trinajstić information content (AvgIpc) is 2.72. The number of halogens is 1. The van der Waals surface area contributed by atoms with Crippen LogP contribution in [0.3, 0.4) is 0 Å². The minimum Gasteiger partial charge on any atom is -0.484 e. The van der Waals surface area contributed by atoms with Crippen LogP contribution in [0.15, 0.2) is 60.7 Å². The fraction of sp³-hybridized carbons (Fsp3) is 0.167. The first-order valence-electron chi connectivity index (χ1n) is 9.50. The van der Waals surface area contributed by atoms with Crippen molar-refractivity contribution in [3.63, 3.8) is 0 Å². The molecule has 3 aromatic rings. The highest BCUT2D eigenvalue weighted by Crippen LogP contribution is 2.22. The Morgan fingerprint density at radius 3 is 2.37 bits per heavy atom. The van der Waals surface area contributed by atoms with Crippen molar-refractivity contribution in [2.45, 2.75) is 20.8 Å². The molecule has 0 heterocycles. The molecule has 2 amide bonds. The Morgan fingerprint density at radius 2 is 1.63 bits per heavy atom. The molecule has 0 fully saturated rings. The van der Waals surface area contributed by atoms with Gasteiger partial charge in [0.1, 0.15) is 5.75 Å².